The summed E-state index contributed by atoms with van der Waals surface area (Å²) in [6, 6.07) is 20.1. The van der Waals surface area contributed by atoms with Crippen LogP contribution in [-0.4, -0.2) is 35.2 Å². The summed E-state index contributed by atoms with van der Waals surface area (Å²) in [4.78, 5) is 24.9. The van der Waals surface area contributed by atoms with E-state index in [2.05, 4.69) is 17.4 Å². The second kappa shape index (κ2) is 12.9. The maximum Gasteiger partial charge on any atom is 0.407 e. The van der Waals surface area contributed by atoms with E-state index < -0.39 is 17.8 Å². The van der Waals surface area contributed by atoms with E-state index in [-0.39, 0.29) is 25.2 Å². The van der Waals surface area contributed by atoms with Crippen LogP contribution < -0.4 is 5.32 Å². The molecule has 0 aliphatic rings. The van der Waals surface area contributed by atoms with Gasteiger partial charge < -0.3 is 15.2 Å². The smallest absolute Gasteiger partial charge is 0.407 e. The molecule has 0 aliphatic heterocycles. The van der Waals surface area contributed by atoms with Crippen LogP contribution in [0.2, 0.25) is 0 Å². The number of aliphatic hydroxyl groups is 1. The Balaban J connectivity index is 1.99. The highest BCUT2D eigenvalue weighted by molar-refractivity contribution is 5.96. The number of hydrogen-bond acceptors (Lipinski definition) is 4. The molecule has 2 rings (SSSR count). The Morgan fingerprint density at radius 1 is 0.970 bits per heavy atom. The third kappa shape index (κ3) is 10.5. The van der Waals surface area contributed by atoms with Crippen LogP contribution in [0.25, 0.3) is 0 Å². The zero-order chi connectivity index (χ0) is 24.3. The minimum absolute atomic E-state index is 0.0286. The highest BCUT2D eigenvalue weighted by Crippen LogP contribution is 2.20. The van der Waals surface area contributed by atoms with E-state index in [1.807, 2.05) is 55.5 Å². The van der Waals surface area contributed by atoms with Gasteiger partial charge in [0.05, 0.1) is 6.10 Å². The molecule has 33 heavy (non-hydrogen) atoms. The summed E-state index contributed by atoms with van der Waals surface area (Å²) in [5, 5.41) is 13.1. The number of ketones is 1. The Morgan fingerprint density at radius 3 is 2.12 bits per heavy atom. The first-order valence-corrected chi connectivity index (χ1v) is 11.6. The van der Waals surface area contributed by atoms with E-state index in [4.69, 9.17) is 4.74 Å². The lowest BCUT2D eigenvalue weighted by molar-refractivity contribution is -0.117. The molecule has 0 aromatic heterocycles. The van der Waals surface area contributed by atoms with Crippen LogP contribution in [0.5, 0.6) is 0 Å². The lowest BCUT2D eigenvalue weighted by Crippen LogP contribution is -2.34. The summed E-state index contributed by atoms with van der Waals surface area (Å²) in [6.45, 7) is 7.63. The highest BCUT2D eigenvalue weighted by Gasteiger charge is 2.19. The standard InChI is InChI=1S/C28H37NO4/c1-21(15-16-22-11-7-5-8-12-22)25(19-23-13-9-6-10-14-23)26(31)20-24(30)17-18-29-27(32)33-28(2,3)4/h5-14,24,30H,15-20H2,1-4H3,(H,29,32)/b25-21+. The molecule has 0 fully saturated rings. The molecule has 0 bridgehead atoms. The van der Waals surface area contributed by atoms with Gasteiger partial charge in [-0.1, -0.05) is 66.2 Å². The Hall–Kier alpha value is -2.92. The number of hydrogen-bond donors (Lipinski definition) is 2. The van der Waals surface area contributed by atoms with Crippen LogP contribution in [-0.2, 0) is 22.4 Å². The summed E-state index contributed by atoms with van der Waals surface area (Å²) >= 11 is 0. The van der Waals surface area contributed by atoms with Gasteiger partial charge in [0.25, 0.3) is 0 Å². The first-order chi connectivity index (χ1) is 15.6. The van der Waals surface area contributed by atoms with Gasteiger partial charge >= 0.3 is 6.09 Å². The molecular weight excluding hydrogens is 414 g/mol. The van der Waals surface area contributed by atoms with Crippen LogP contribution in [0.15, 0.2) is 71.8 Å². The molecule has 0 saturated carbocycles. The molecule has 0 spiro atoms. The Bertz CT molecular complexity index is 914. The minimum atomic E-state index is -0.833. The molecule has 1 amide bonds. The summed E-state index contributed by atoms with van der Waals surface area (Å²) in [6.07, 6.45) is 1.15. The quantitative estimate of drug-likeness (QED) is 0.448. The van der Waals surface area contributed by atoms with Gasteiger partial charge in [-0.05, 0) is 63.7 Å². The molecule has 0 aliphatic carbocycles. The number of aryl methyl sites for hydroxylation is 1. The molecule has 2 aromatic rings. The van der Waals surface area contributed by atoms with Crippen molar-refractivity contribution >= 4 is 11.9 Å². The van der Waals surface area contributed by atoms with Gasteiger partial charge in [-0.15, -0.1) is 0 Å². The molecule has 178 valence electrons. The average Bonchev–Trinajstić information content (AvgIpc) is 2.76. The SMILES string of the molecule is C/C(CCc1ccccc1)=C(/Cc1ccccc1)C(=O)CC(O)CCNC(=O)OC(C)(C)C. The molecule has 0 saturated heterocycles. The van der Waals surface area contributed by atoms with Crippen molar-refractivity contribution in [1.29, 1.82) is 0 Å². The number of allylic oxidation sites excluding steroid dienone is 2. The lowest BCUT2D eigenvalue weighted by atomic mass is 9.91. The number of ether oxygens (including phenoxy) is 1. The van der Waals surface area contributed by atoms with Crippen LogP contribution in [0.3, 0.4) is 0 Å². The van der Waals surface area contributed by atoms with Crippen molar-refractivity contribution in [2.45, 2.75) is 71.5 Å². The maximum absolute atomic E-state index is 13.2. The molecule has 0 radical (unpaired) electrons. The fourth-order valence-electron chi connectivity index (χ4n) is 3.51. The zero-order valence-corrected chi connectivity index (χ0v) is 20.3. The number of nitrogens with one attached hydrogen (secondary N) is 1. The number of aliphatic hydroxyl groups excluding tert-OH is 1. The summed E-state index contributed by atoms with van der Waals surface area (Å²) < 4.78 is 5.19. The molecule has 5 nitrogen and oxygen atoms in total. The summed E-state index contributed by atoms with van der Waals surface area (Å²) in [5.41, 5.74) is 3.54. The lowest BCUT2D eigenvalue weighted by Gasteiger charge is -2.20. The van der Waals surface area contributed by atoms with Crippen LogP contribution in [0.4, 0.5) is 4.79 Å². The Kier molecular flexibility index (Phi) is 10.3. The molecule has 0 heterocycles. The van der Waals surface area contributed by atoms with Gasteiger partial charge in [0.2, 0.25) is 0 Å². The van der Waals surface area contributed by atoms with Crippen molar-refractivity contribution in [1.82, 2.24) is 5.32 Å². The summed E-state index contributed by atoms with van der Waals surface area (Å²) in [5.74, 6) is -0.0471. The number of carbonyl (C=O) groups is 2. The Labute approximate surface area is 197 Å². The van der Waals surface area contributed by atoms with E-state index >= 15 is 0 Å². The van der Waals surface area contributed by atoms with E-state index in [1.54, 1.807) is 20.8 Å². The third-order valence-electron chi connectivity index (χ3n) is 5.27. The number of rotatable bonds is 11. The zero-order valence-electron chi connectivity index (χ0n) is 20.3. The van der Waals surface area contributed by atoms with Gasteiger partial charge in [-0.3, -0.25) is 4.79 Å². The predicted octanol–water partition coefficient (Wildman–Crippen LogP) is 5.41. The summed E-state index contributed by atoms with van der Waals surface area (Å²) in [7, 11) is 0. The Morgan fingerprint density at radius 2 is 1.55 bits per heavy atom. The second-order valence-electron chi connectivity index (χ2n) is 9.41. The van der Waals surface area contributed by atoms with E-state index in [0.717, 1.165) is 29.6 Å². The minimum Gasteiger partial charge on any atom is -0.444 e. The van der Waals surface area contributed by atoms with E-state index in [0.29, 0.717) is 6.42 Å². The van der Waals surface area contributed by atoms with Gasteiger partial charge in [-0.25, -0.2) is 4.79 Å². The number of Topliss-reactive ketones (excluding diaryl/α,β-unsaturated/α-hetero) is 1. The second-order valence-corrected chi connectivity index (χ2v) is 9.41. The van der Waals surface area contributed by atoms with Crippen molar-refractivity contribution in [3.63, 3.8) is 0 Å². The highest BCUT2D eigenvalue weighted by atomic mass is 16.6. The largest absolute Gasteiger partial charge is 0.444 e. The van der Waals surface area contributed by atoms with Gasteiger partial charge in [0.15, 0.2) is 5.78 Å². The van der Waals surface area contributed by atoms with Crippen LogP contribution in [0, 0.1) is 0 Å². The molecule has 5 heteroatoms. The van der Waals surface area contributed by atoms with Crippen molar-refractivity contribution in [3.8, 4) is 0 Å². The molecule has 2 aromatic carbocycles. The van der Waals surface area contributed by atoms with Gasteiger partial charge in [-0.2, -0.15) is 0 Å². The first-order valence-electron chi connectivity index (χ1n) is 11.6. The third-order valence-corrected chi connectivity index (χ3v) is 5.27. The van der Waals surface area contributed by atoms with Crippen molar-refractivity contribution in [3.05, 3.63) is 82.9 Å². The van der Waals surface area contributed by atoms with Crippen LogP contribution in [0.1, 0.15) is 58.1 Å². The van der Waals surface area contributed by atoms with E-state index in [9.17, 15) is 14.7 Å². The molecule has 2 N–H and O–H groups in total. The molecule has 1 unspecified atom stereocenters. The number of benzene rings is 2. The average molecular weight is 452 g/mol. The fraction of sp³-hybridized carbons (Fsp3) is 0.429. The molecule has 1 atom stereocenters. The van der Waals surface area contributed by atoms with E-state index in [1.165, 1.54) is 5.56 Å². The monoisotopic (exact) mass is 451 g/mol. The van der Waals surface area contributed by atoms with Crippen LogP contribution >= 0.6 is 0 Å². The number of amides is 1. The van der Waals surface area contributed by atoms with Gasteiger partial charge in [0.1, 0.15) is 5.60 Å². The van der Waals surface area contributed by atoms with Gasteiger partial charge in [0, 0.05) is 19.4 Å². The predicted molar refractivity (Wildman–Crippen MR) is 132 cm³/mol. The maximum atomic E-state index is 13.2. The van der Waals surface area contributed by atoms with Crippen molar-refractivity contribution in [2.24, 2.45) is 0 Å². The normalized spacial score (nSPS) is 13.1. The number of alkyl carbamates (subject to hydrolysis) is 1. The molecular formula is C28H37NO4. The fourth-order valence-corrected chi connectivity index (χ4v) is 3.51. The number of carbonyl (C=O) groups excluding carboxylic acids is 2. The van der Waals surface area contributed by atoms with Crippen molar-refractivity contribution in [2.75, 3.05) is 6.54 Å². The first kappa shape index (κ1) is 26.3. The topological polar surface area (TPSA) is 75.6 Å². The van der Waals surface area contributed by atoms with Crippen molar-refractivity contribution < 1.29 is 19.4 Å².